The van der Waals surface area contributed by atoms with Crippen molar-refractivity contribution in [1.29, 1.82) is 5.41 Å². The fourth-order valence-electron chi connectivity index (χ4n) is 6.15. The van der Waals surface area contributed by atoms with Gasteiger partial charge in [0.1, 0.15) is 11.5 Å². The van der Waals surface area contributed by atoms with Gasteiger partial charge in [-0.3, -0.25) is 29.7 Å². The summed E-state index contributed by atoms with van der Waals surface area (Å²) in [7, 11) is 5.56. The van der Waals surface area contributed by atoms with E-state index >= 15 is 0 Å². The Morgan fingerprint density at radius 3 is 2.70 bits per heavy atom. The van der Waals surface area contributed by atoms with Crippen molar-refractivity contribution < 1.29 is 9.59 Å². The second-order valence-corrected chi connectivity index (χ2v) is 12.4. The second-order valence-electron chi connectivity index (χ2n) is 12.4. The number of rotatable bonds is 9. The maximum absolute atomic E-state index is 13.0. The van der Waals surface area contributed by atoms with Crippen LogP contribution >= 0.6 is 0 Å². The lowest BCUT2D eigenvalue weighted by Gasteiger charge is -2.26. The average molecular weight is 585 g/mol. The summed E-state index contributed by atoms with van der Waals surface area (Å²) in [4.78, 5) is 45.9. The minimum atomic E-state index is -0.289. The second kappa shape index (κ2) is 12.0. The van der Waals surface area contributed by atoms with E-state index in [1.165, 1.54) is 15.8 Å². The predicted molar refractivity (Wildman–Crippen MR) is 170 cm³/mol. The highest BCUT2D eigenvalue weighted by molar-refractivity contribution is 6.02. The minimum Gasteiger partial charge on any atom is -0.386 e. The fourth-order valence-corrected chi connectivity index (χ4v) is 6.15. The Hall–Kier alpha value is -4.51. The van der Waals surface area contributed by atoms with Gasteiger partial charge in [0.15, 0.2) is 12.6 Å². The number of aromatic nitrogens is 3. The smallest absolute Gasteiger partial charge is 0.274 e. The number of fused-ring (bicyclic) bond motifs is 1. The van der Waals surface area contributed by atoms with Crippen LogP contribution in [0.15, 0.2) is 47.3 Å². The maximum Gasteiger partial charge on any atom is 0.274 e. The van der Waals surface area contributed by atoms with Crippen molar-refractivity contribution in [2.75, 3.05) is 50.5 Å². The van der Waals surface area contributed by atoms with E-state index in [1.807, 2.05) is 25.1 Å². The van der Waals surface area contributed by atoms with Crippen LogP contribution in [0.1, 0.15) is 46.0 Å². The largest absolute Gasteiger partial charge is 0.386 e. The van der Waals surface area contributed by atoms with E-state index < -0.39 is 0 Å². The molecule has 11 nitrogen and oxygen atoms in total. The van der Waals surface area contributed by atoms with Crippen molar-refractivity contribution in [1.82, 2.24) is 24.3 Å². The van der Waals surface area contributed by atoms with Gasteiger partial charge in [0.25, 0.3) is 5.56 Å². The van der Waals surface area contributed by atoms with Crippen molar-refractivity contribution >= 4 is 29.8 Å². The van der Waals surface area contributed by atoms with Crippen LogP contribution in [0.25, 0.3) is 11.1 Å². The number of carbonyl (C=O) groups is 2. The van der Waals surface area contributed by atoms with Crippen molar-refractivity contribution in [2.45, 2.75) is 33.2 Å². The van der Waals surface area contributed by atoms with Gasteiger partial charge < -0.3 is 24.7 Å². The van der Waals surface area contributed by atoms with Gasteiger partial charge in [-0.1, -0.05) is 13.8 Å². The molecule has 0 atom stereocenters. The Labute approximate surface area is 251 Å². The number of aryl methyl sites for hydroxylation is 1. The van der Waals surface area contributed by atoms with Gasteiger partial charge in [-0.25, -0.2) is 0 Å². The highest BCUT2D eigenvalue weighted by atomic mass is 16.1. The standard InChI is InChI=1S/C32H40N8O3/c1-32(2)13-21-10-24(19-41)40(28(21)14-32)9-8-38(4)29-16-34-15-25(26(29)20-42)22-11-27(31(43)39(5)17-22)36-30(33)12-23-18-37(3)7-6-35-23/h10-12,15-17,19-20,35H,6-9,13-14,18H2,1-5H3,(H2,33,36)/b23-12-. The zero-order chi connectivity index (χ0) is 30.9. The number of nitrogens with one attached hydrogen (secondary N) is 3. The molecule has 0 amide bonds. The van der Waals surface area contributed by atoms with Gasteiger partial charge in [-0.05, 0) is 43.0 Å². The van der Waals surface area contributed by atoms with Crippen LogP contribution in [0.2, 0.25) is 0 Å². The van der Waals surface area contributed by atoms with Gasteiger partial charge in [-0.2, -0.15) is 0 Å². The molecule has 5 rings (SSSR count). The molecular weight excluding hydrogens is 544 g/mol. The first kappa shape index (κ1) is 30.0. The third-order valence-electron chi connectivity index (χ3n) is 8.29. The van der Waals surface area contributed by atoms with Crippen LogP contribution in [-0.4, -0.2) is 77.7 Å². The number of nitrogens with zero attached hydrogens (tertiary/aromatic N) is 5. The van der Waals surface area contributed by atoms with Crippen LogP contribution in [0.4, 0.5) is 11.4 Å². The third-order valence-corrected chi connectivity index (χ3v) is 8.29. The van der Waals surface area contributed by atoms with Gasteiger partial charge in [0.05, 0.1) is 17.6 Å². The number of hydrogen-bond donors (Lipinski definition) is 3. The van der Waals surface area contributed by atoms with Gasteiger partial charge in [0.2, 0.25) is 0 Å². The summed E-state index contributed by atoms with van der Waals surface area (Å²) >= 11 is 0. The van der Waals surface area contributed by atoms with Crippen LogP contribution in [0.3, 0.4) is 0 Å². The molecule has 0 saturated carbocycles. The summed E-state index contributed by atoms with van der Waals surface area (Å²) in [6, 6.07) is 3.66. The van der Waals surface area contributed by atoms with E-state index in [0.717, 1.165) is 44.2 Å². The number of carbonyl (C=O) groups excluding carboxylic acids is 2. The third kappa shape index (κ3) is 6.31. The SMILES string of the molecule is CN1CCN/C(=C\C(=N)Nc2cc(-c3cncc(N(C)CCn4c(C=O)cc5c4CC(C)(C)C5)c3C=O)cn(C)c2=O)C1. The van der Waals surface area contributed by atoms with E-state index in [9.17, 15) is 14.4 Å². The monoisotopic (exact) mass is 584 g/mol. The summed E-state index contributed by atoms with van der Waals surface area (Å²) < 4.78 is 3.53. The first-order valence-electron chi connectivity index (χ1n) is 14.5. The molecule has 2 aliphatic rings. The van der Waals surface area contributed by atoms with Crippen molar-refractivity contribution in [3.05, 3.63) is 75.4 Å². The number of piperazine rings is 1. The number of pyridine rings is 2. The molecule has 0 aromatic carbocycles. The lowest BCUT2D eigenvalue weighted by atomic mass is 9.90. The molecule has 11 heteroatoms. The molecule has 3 aromatic rings. The van der Waals surface area contributed by atoms with Crippen LogP contribution in [0, 0.1) is 10.8 Å². The maximum atomic E-state index is 13.0. The normalized spacial score (nSPS) is 16.9. The zero-order valence-corrected chi connectivity index (χ0v) is 25.5. The van der Waals surface area contributed by atoms with Gasteiger partial charge in [0, 0.05) is 93.4 Å². The molecule has 0 spiro atoms. The number of aldehydes is 2. The van der Waals surface area contributed by atoms with E-state index in [0.29, 0.717) is 47.7 Å². The molecule has 1 saturated heterocycles. The molecule has 4 heterocycles. The van der Waals surface area contributed by atoms with Crippen molar-refractivity contribution in [3.8, 4) is 11.1 Å². The summed E-state index contributed by atoms with van der Waals surface area (Å²) in [5.41, 5.74) is 6.43. The highest BCUT2D eigenvalue weighted by Gasteiger charge is 2.32. The summed E-state index contributed by atoms with van der Waals surface area (Å²) in [5, 5.41) is 14.7. The van der Waals surface area contributed by atoms with E-state index in [4.69, 9.17) is 5.41 Å². The molecule has 3 N–H and O–H groups in total. The molecule has 226 valence electrons. The Morgan fingerprint density at radius 1 is 1.19 bits per heavy atom. The van der Waals surface area contributed by atoms with Crippen LogP contribution in [0.5, 0.6) is 0 Å². The van der Waals surface area contributed by atoms with Gasteiger partial charge >= 0.3 is 0 Å². The predicted octanol–water partition coefficient (Wildman–Crippen LogP) is 2.94. The van der Waals surface area contributed by atoms with E-state index in [1.54, 1.807) is 37.8 Å². The lowest BCUT2D eigenvalue weighted by Crippen LogP contribution is -2.40. The van der Waals surface area contributed by atoms with Crippen molar-refractivity contribution in [3.63, 3.8) is 0 Å². The number of amidine groups is 1. The summed E-state index contributed by atoms with van der Waals surface area (Å²) in [6.07, 6.45) is 10.2. The summed E-state index contributed by atoms with van der Waals surface area (Å²) in [6.45, 7) is 8.04. The van der Waals surface area contributed by atoms with E-state index in [2.05, 4.69) is 38.9 Å². The van der Waals surface area contributed by atoms with E-state index in [-0.39, 0.29) is 22.5 Å². The minimum absolute atomic E-state index is 0.0869. The van der Waals surface area contributed by atoms with Crippen LogP contribution < -0.4 is 21.1 Å². The number of likely N-dealkylation sites (N-methyl/N-ethyl adjacent to an activating group) is 2. The molecule has 0 bridgehead atoms. The molecule has 1 aliphatic carbocycles. The zero-order valence-electron chi connectivity index (χ0n) is 25.5. The topological polar surface area (TPSA) is 128 Å². The first-order chi connectivity index (χ1) is 20.5. The summed E-state index contributed by atoms with van der Waals surface area (Å²) in [5.74, 6) is 0.0869. The molecule has 3 aromatic heterocycles. The fraction of sp³-hybridized carbons (Fsp3) is 0.406. The Balaban J connectivity index is 1.40. The molecule has 43 heavy (non-hydrogen) atoms. The average Bonchev–Trinajstić information content (AvgIpc) is 3.44. The van der Waals surface area contributed by atoms with Gasteiger partial charge in [-0.15, -0.1) is 0 Å². The van der Waals surface area contributed by atoms with Crippen molar-refractivity contribution in [2.24, 2.45) is 12.5 Å². The first-order valence-corrected chi connectivity index (χ1v) is 14.5. The molecular formula is C32H40N8O3. The molecule has 0 unspecified atom stereocenters. The lowest BCUT2D eigenvalue weighted by molar-refractivity contribution is 0.111. The Kier molecular flexibility index (Phi) is 8.36. The number of anilines is 2. The van der Waals surface area contributed by atoms with Crippen LogP contribution in [-0.2, 0) is 26.4 Å². The quantitative estimate of drug-likeness (QED) is 0.199. The molecule has 1 fully saturated rings. The Morgan fingerprint density at radius 2 is 1.98 bits per heavy atom. The molecule has 1 aliphatic heterocycles. The highest BCUT2D eigenvalue weighted by Crippen LogP contribution is 2.38. The number of hydrogen-bond acceptors (Lipinski definition) is 8. The molecule has 0 radical (unpaired) electrons. The Bertz CT molecular complexity index is 1670.